The van der Waals surface area contributed by atoms with Crippen LogP contribution in [-0.4, -0.2) is 30.9 Å². The molecule has 130 valence electrons. The molecule has 6 nitrogen and oxygen atoms in total. The van der Waals surface area contributed by atoms with E-state index in [0.29, 0.717) is 17.0 Å². The van der Waals surface area contributed by atoms with Gasteiger partial charge in [0.2, 0.25) is 11.7 Å². The number of anilines is 1. The molecule has 0 saturated carbocycles. The highest BCUT2D eigenvalue weighted by Gasteiger charge is 2.20. The van der Waals surface area contributed by atoms with Gasteiger partial charge in [0.25, 0.3) is 0 Å². The molecule has 1 atom stereocenters. The second-order valence-electron chi connectivity index (χ2n) is 5.40. The zero-order chi connectivity index (χ0) is 18.4. The van der Waals surface area contributed by atoms with E-state index in [1.807, 2.05) is 0 Å². The molecule has 25 heavy (non-hydrogen) atoms. The summed E-state index contributed by atoms with van der Waals surface area (Å²) < 4.78 is 10.3. The number of esters is 1. The first-order valence-electron chi connectivity index (χ1n) is 7.67. The molecule has 0 unspecified atom stereocenters. The summed E-state index contributed by atoms with van der Waals surface area (Å²) in [5.41, 5.74) is 1.16. The number of methoxy groups -OCH3 is 1. The van der Waals surface area contributed by atoms with Gasteiger partial charge in [0.15, 0.2) is 6.10 Å². The molecule has 0 aliphatic heterocycles. The van der Waals surface area contributed by atoms with Gasteiger partial charge in [0.05, 0.1) is 12.7 Å². The minimum Gasteiger partial charge on any atom is -0.497 e. The molecule has 0 saturated heterocycles. The van der Waals surface area contributed by atoms with Crippen molar-refractivity contribution in [1.29, 1.82) is 0 Å². The maximum atomic E-state index is 12.3. The maximum absolute atomic E-state index is 12.3. The zero-order valence-corrected chi connectivity index (χ0v) is 14.2. The smallest absolute Gasteiger partial charge is 0.338 e. The van der Waals surface area contributed by atoms with Gasteiger partial charge in [-0.05, 0) is 49.4 Å². The van der Waals surface area contributed by atoms with Crippen LogP contribution < -0.4 is 10.1 Å². The Morgan fingerprint density at radius 2 is 1.68 bits per heavy atom. The Labute approximate surface area is 145 Å². The van der Waals surface area contributed by atoms with Crippen molar-refractivity contribution in [3.8, 4) is 5.75 Å². The van der Waals surface area contributed by atoms with E-state index in [9.17, 15) is 14.4 Å². The van der Waals surface area contributed by atoms with Crippen molar-refractivity contribution in [1.82, 2.24) is 0 Å². The Balaban J connectivity index is 2.05. The fourth-order valence-electron chi connectivity index (χ4n) is 2.20. The van der Waals surface area contributed by atoms with Crippen LogP contribution in [0.2, 0.25) is 0 Å². The number of ether oxygens (including phenoxy) is 2. The second kappa shape index (κ2) is 8.10. The van der Waals surface area contributed by atoms with Crippen LogP contribution in [0, 0.1) is 0 Å². The van der Waals surface area contributed by atoms with E-state index < -0.39 is 12.1 Å². The normalized spacial score (nSPS) is 11.3. The van der Waals surface area contributed by atoms with Gasteiger partial charge in [0, 0.05) is 18.2 Å². The van der Waals surface area contributed by atoms with Crippen LogP contribution in [0.5, 0.6) is 5.75 Å². The molecule has 0 bridgehead atoms. The van der Waals surface area contributed by atoms with Gasteiger partial charge in [0.1, 0.15) is 5.75 Å². The van der Waals surface area contributed by atoms with E-state index in [1.165, 1.54) is 27.0 Å². The van der Waals surface area contributed by atoms with Gasteiger partial charge < -0.3 is 14.8 Å². The van der Waals surface area contributed by atoms with E-state index in [0.717, 1.165) is 0 Å². The lowest BCUT2D eigenvalue weighted by atomic mass is 10.1. The number of carbonyl (C=O) groups excluding carboxylic acids is 3. The van der Waals surface area contributed by atoms with Crippen molar-refractivity contribution in [3.05, 3.63) is 59.7 Å². The molecular weight excluding hydrogens is 322 g/mol. The predicted octanol–water partition coefficient (Wildman–Crippen LogP) is 3.08. The van der Waals surface area contributed by atoms with E-state index in [2.05, 4.69) is 5.32 Å². The molecule has 2 aromatic rings. The summed E-state index contributed by atoms with van der Waals surface area (Å²) in [6.45, 7) is 2.89. The highest BCUT2D eigenvalue weighted by molar-refractivity contribution is 6.01. The highest BCUT2D eigenvalue weighted by atomic mass is 16.5. The Bertz CT molecular complexity index is 783. The van der Waals surface area contributed by atoms with Gasteiger partial charge in [-0.15, -0.1) is 0 Å². The van der Waals surface area contributed by atoms with Crippen LogP contribution in [0.4, 0.5) is 5.69 Å². The predicted molar refractivity (Wildman–Crippen MR) is 92.9 cm³/mol. The Kier molecular flexibility index (Phi) is 5.89. The van der Waals surface area contributed by atoms with Crippen molar-refractivity contribution in [2.45, 2.75) is 20.0 Å². The highest BCUT2D eigenvalue weighted by Crippen LogP contribution is 2.16. The zero-order valence-electron chi connectivity index (χ0n) is 14.2. The van der Waals surface area contributed by atoms with Gasteiger partial charge >= 0.3 is 5.97 Å². The molecule has 0 aliphatic carbocycles. The molecule has 1 amide bonds. The summed E-state index contributed by atoms with van der Waals surface area (Å²) >= 11 is 0. The van der Waals surface area contributed by atoms with Crippen LogP contribution >= 0.6 is 0 Å². The number of benzene rings is 2. The van der Waals surface area contributed by atoms with Gasteiger partial charge in [-0.25, -0.2) is 4.79 Å². The maximum Gasteiger partial charge on any atom is 0.338 e. The molecule has 0 heterocycles. The number of Topliss-reactive ketones (excluding diaryl/α,β-unsaturated/α-hetero) is 1. The quantitative estimate of drug-likeness (QED) is 0.645. The van der Waals surface area contributed by atoms with Crippen molar-refractivity contribution in [2.24, 2.45) is 0 Å². The van der Waals surface area contributed by atoms with E-state index in [1.54, 1.807) is 42.5 Å². The number of carbonyl (C=O) groups is 3. The Hall–Kier alpha value is -3.15. The van der Waals surface area contributed by atoms with Crippen LogP contribution in [0.3, 0.4) is 0 Å². The number of hydrogen-bond donors (Lipinski definition) is 1. The second-order valence-corrected chi connectivity index (χ2v) is 5.40. The summed E-state index contributed by atoms with van der Waals surface area (Å²) in [6, 6.07) is 12.9. The topological polar surface area (TPSA) is 81.7 Å². The monoisotopic (exact) mass is 341 g/mol. The molecular formula is C19H19NO5. The number of ketones is 1. The average molecular weight is 341 g/mol. The third-order valence-electron chi connectivity index (χ3n) is 3.45. The van der Waals surface area contributed by atoms with Crippen LogP contribution in [0.15, 0.2) is 48.5 Å². The molecule has 0 aromatic heterocycles. The van der Waals surface area contributed by atoms with E-state index in [4.69, 9.17) is 9.47 Å². The summed E-state index contributed by atoms with van der Waals surface area (Å²) in [6.07, 6.45) is -0.940. The van der Waals surface area contributed by atoms with Gasteiger partial charge in [-0.1, -0.05) is 6.07 Å². The first-order chi connectivity index (χ1) is 11.9. The molecule has 2 rings (SSSR count). The van der Waals surface area contributed by atoms with E-state index in [-0.39, 0.29) is 17.3 Å². The Morgan fingerprint density at radius 1 is 1.00 bits per heavy atom. The summed E-state index contributed by atoms with van der Waals surface area (Å²) in [7, 11) is 1.54. The summed E-state index contributed by atoms with van der Waals surface area (Å²) in [4.78, 5) is 35.7. The molecule has 0 fully saturated rings. The molecule has 1 N–H and O–H groups in total. The molecule has 6 heteroatoms. The van der Waals surface area contributed by atoms with Crippen molar-refractivity contribution < 1.29 is 23.9 Å². The van der Waals surface area contributed by atoms with Crippen molar-refractivity contribution in [3.63, 3.8) is 0 Å². The third-order valence-corrected chi connectivity index (χ3v) is 3.45. The minimum absolute atomic E-state index is 0.242. The largest absolute Gasteiger partial charge is 0.497 e. The lowest BCUT2D eigenvalue weighted by Crippen LogP contribution is -2.24. The first kappa shape index (κ1) is 18.2. The molecule has 0 spiro atoms. The van der Waals surface area contributed by atoms with Crippen molar-refractivity contribution in [2.75, 3.05) is 12.4 Å². The fraction of sp³-hybridized carbons (Fsp3) is 0.211. The van der Waals surface area contributed by atoms with E-state index >= 15 is 0 Å². The number of rotatable bonds is 6. The fourth-order valence-corrected chi connectivity index (χ4v) is 2.20. The average Bonchev–Trinajstić information content (AvgIpc) is 2.60. The summed E-state index contributed by atoms with van der Waals surface area (Å²) in [5, 5.41) is 2.59. The van der Waals surface area contributed by atoms with Gasteiger partial charge in [-0.2, -0.15) is 0 Å². The standard InChI is InChI=1S/C19H19NO5/c1-12(18(22)14-7-9-17(24-3)10-8-14)25-19(23)15-5-4-6-16(11-15)20-13(2)21/h4-12H,1-3H3,(H,20,21)/t12-/m0/s1. The van der Waals surface area contributed by atoms with Crippen LogP contribution in [-0.2, 0) is 9.53 Å². The lowest BCUT2D eigenvalue weighted by molar-refractivity contribution is -0.114. The molecule has 0 radical (unpaired) electrons. The first-order valence-corrected chi connectivity index (χ1v) is 7.67. The lowest BCUT2D eigenvalue weighted by Gasteiger charge is -2.13. The number of amides is 1. The number of hydrogen-bond acceptors (Lipinski definition) is 5. The summed E-state index contributed by atoms with van der Waals surface area (Å²) in [5.74, 6) is -0.555. The molecule has 2 aromatic carbocycles. The van der Waals surface area contributed by atoms with Crippen LogP contribution in [0.25, 0.3) is 0 Å². The third kappa shape index (κ3) is 4.91. The van der Waals surface area contributed by atoms with Crippen molar-refractivity contribution >= 4 is 23.3 Å². The number of nitrogens with one attached hydrogen (secondary N) is 1. The van der Waals surface area contributed by atoms with Crippen LogP contribution in [0.1, 0.15) is 34.6 Å². The SMILES string of the molecule is COc1ccc(C(=O)[C@H](C)OC(=O)c2cccc(NC(C)=O)c2)cc1. The van der Waals surface area contributed by atoms with Gasteiger partial charge in [-0.3, -0.25) is 9.59 Å². The minimum atomic E-state index is -0.940. The Morgan fingerprint density at radius 3 is 2.28 bits per heavy atom. The molecule has 0 aliphatic rings.